The van der Waals surface area contributed by atoms with Crippen LogP contribution in [0.5, 0.6) is 23.0 Å². The Morgan fingerprint density at radius 1 is 0.379 bits per heavy atom. The molecule has 4 aromatic carbocycles. The topological polar surface area (TPSA) is 80.9 Å². The molecule has 0 spiro atoms. The van der Waals surface area contributed by atoms with Crippen LogP contribution in [-0.4, -0.2) is 20.4 Å². The normalized spacial score (nSPS) is 10.5. The predicted octanol–water partition coefficient (Wildman–Crippen LogP) is 5.45. The van der Waals surface area contributed by atoms with Gasteiger partial charge in [0, 0.05) is 0 Å². The van der Waals surface area contributed by atoms with Crippen LogP contribution in [0.1, 0.15) is 11.1 Å². The van der Waals surface area contributed by atoms with Crippen molar-refractivity contribution in [2.24, 2.45) is 0 Å². The number of hydrogen-bond donors (Lipinski definition) is 4. The van der Waals surface area contributed by atoms with Crippen LogP contribution in [-0.2, 0) is 6.42 Å². The molecule has 0 heterocycles. The first kappa shape index (κ1) is 19.8. The van der Waals surface area contributed by atoms with Gasteiger partial charge in [0.2, 0.25) is 0 Å². The van der Waals surface area contributed by atoms with Crippen molar-refractivity contribution >= 4 is 0 Å². The minimum Gasteiger partial charge on any atom is -0.508 e. The summed E-state index contributed by atoms with van der Waals surface area (Å²) in [6.07, 6.45) is 1.10. The predicted molar refractivity (Wildman–Crippen MR) is 114 cm³/mol. The van der Waals surface area contributed by atoms with Crippen molar-refractivity contribution in [2.75, 3.05) is 0 Å². The molecule has 29 heavy (non-hydrogen) atoms. The van der Waals surface area contributed by atoms with Gasteiger partial charge in [-0.3, -0.25) is 0 Å². The Bertz CT molecular complexity index is 926. The van der Waals surface area contributed by atoms with E-state index in [0.29, 0.717) is 0 Å². The summed E-state index contributed by atoms with van der Waals surface area (Å²) in [5, 5.41) is 34.6. The number of phenols is 4. The summed E-state index contributed by atoms with van der Waals surface area (Å²) in [5.74, 6) is 0.677. The lowest BCUT2D eigenvalue weighted by atomic mass is 10.1. The van der Waals surface area contributed by atoms with Gasteiger partial charge >= 0.3 is 0 Å². The first-order chi connectivity index (χ1) is 14.0. The van der Waals surface area contributed by atoms with E-state index in [1.807, 2.05) is 0 Å². The number of aromatic hydroxyl groups is 4. The fourth-order valence-electron chi connectivity index (χ4n) is 2.98. The first-order valence-corrected chi connectivity index (χ1v) is 9.15. The van der Waals surface area contributed by atoms with Crippen LogP contribution in [0.3, 0.4) is 0 Å². The molecule has 0 bridgehead atoms. The number of benzene rings is 4. The number of fused-ring (bicyclic) bond motifs is 3. The zero-order valence-corrected chi connectivity index (χ0v) is 15.7. The molecule has 4 aromatic rings. The summed E-state index contributed by atoms with van der Waals surface area (Å²) < 4.78 is 0. The Morgan fingerprint density at radius 3 is 0.966 bits per heavy atom. The van der Waals surface area contributed by atoms with Gasteiger partial charge in [0.05, 0.1) is 0 Å². The van der Waals surface area contributed by atoms with Gasteiger partial charge in [-0.05, 0) is 77.2 Å². The molecule has 0 radical (unpaired) electrons. The Kier molecular flexibility index (Phi) is 6.38. The van der Waals surface area contributed by atoms with E-state index in [0.717, 1.165) is 6.42 Å². The smallest absolute Gasteiger partial charge is 0.115 e. The fourth-order valence-corrected chi connectivity index (χ4v) is 2.98. The summed E-state index contributed by atoms with van der Waals surface area (Å²) >= 11 is 0. The van der Waals surface area contributed by atoms with Crippen molar-refractivity contribution in [3.63, 3.8) is 0 Å². The zero-order valence-electron chi connectivity index (χ0n) is 15.7. The van der Waals surface area contributed by atoms with Gasteiger partial charge < -0.3 is 20.4 Å². The van der Waals surface area contributed by atoms with E-state index in [-0.39, 0.29) is 23.0 Å². The molecule has 0 atom stereocenters. The van der Waals surface area contributed by atoms with E-state index in [1.165, 1.54) is 70.8 Å². The maximum atomic E-state index is 8.65. The molecule has 0 unspecified atom stereocenters. The molecular formula is C25H22O4. The highest BCUT2D eigenvalue weighted by atomic mass is 16.3. The average Bonchev–Trinajstić information content (AvgIpc) is 3.12. The lowest BCUT2D eigenvalue weighted by molar-refractivity contribution is 0.460. The highest BCUT2D eigenvalue weighted by molar-refractivity contribution is 5.76. The molecular weight excluding hydrogens is 364 g/mol. The molecule has 1 aliphatic rings. The van der Waals surface area contributed by atoms with Crippen molar-refractivity contribution in [3.05, 3.63) is 108 Å². The van der Waals surface area contributed by atoms with E-state index in [2.05, 4.69) is 48.5 Å². The van der Waals surface area contributed by atoms with Crippen LogP contribution in [0.4, 0.5) is 0 Å². The van der Waals surface area contributed by atoms with Crippen molar-refractivity contribution in [3.8, 4) is 34.1 Å². The van der Waals surface area contributed by atoms with Gasteiger partial charge in [0.1, 0.15) is 23.0 Å². The molecule has 4 heteroatoms. The van der Waals surface area contributed by atoms with Gasteiger partial charge in [-0.25, -0.2) is 0 Å². The lowest BCUT2D eigenvalue weighted by Crippen LogP contribution is -1.77. The van der Waals surface area contributed by atoms with E-state index in [1.54, 1.807) is 0 Å². The number of rotatable bonds is 0. The summed E-state index contributed by atoms with van der Waals surface area (Å²) in [7, 11) is 0. The molecule has 0 saturated carbocycles. The van der Waals surface area contributed by atoms with Crippen LogP contribution >= 0.6 is 0 Å². The highest BCUT2D eigenvalue weighted by Gasteiger charge is 2.15. The quantitative estimate of drug-likeness (QED) is 0.267. The standard InChI is InChI=1S/C13H10.2C6H6O2/c1-3-7-12-10(5-1)9-11-6-2-4-8-13(11)12;2*7-5-1-2-6(8)4-3-5/h1-8H,9H2;2*1-4,7-8H. The van der Waals surface area contributed by atoms with E-state index >= 15 is 0 Å². The van der Waals surface area contributed by atoms with Crippen LogP contribution < -0.4 is 0 Å². The summed E-state index contributed by atoms with van der Waals surface area (Å²) in [5.41, 5.74) is 5.75. The molecule has 0 amide bonds. The van der Waals surface area contributed by atoms with Crippen LogP contribution in [0.2, 0.25) is 0 Å². The monoisotopic (exact) mass is 386 g/mol. The third-order valence-corrected chi connectivity index (χ3v) is 4.41. The van der Waals surface area contributed by atoms with Crippen molar-refractivity contribution in [1.82, 2.24) is 0 Å². The summed E-state index contributed by atoms with van der Waals surface area (Å²) in [6, 6.07) is 28.7. The van der Waals surface area contributed by atoms with Crippen molar-refractivity contribution in [2.45, 2.75) is 6.42 Å². The van der Waals surface area contributed by atoms with Gasteiger partial charge in [-0.1, -0.05) is 48.5 Å². The van der Waals surface area contributed by atoms with Crippen molar-refractivity contribution in [1.29, 1.82) is 0 Å². The van der Waals surface area contributed by atoms with Crippen molar-refractivity contribution < 1.29 is 20.4 Å². The second kappa shape index (κ2) is 9.33. The minimum atomic E-state index is 0.169. The summed E-state index contributed by atoms with van der Waals surface area (Å²) in [6.45, 7) is 0. The summed E-state index contributed by atoms with van der Waals surface area (Å²) in [4.78, 5) is 0. The second-order valence-corrected chi connectivity index (χ2v) is 6.52. The molecule has 5 rings (SSSR count). The number of hydrogen-bond acceptors (Lipinski definition) is 4. The van der Waals surface area contributed by atoms with Gasteiger partial charge in [-0.2, -0.15) is 0 Å². The fraction of sp³-hybridized carbons (Fsp3) is 0.0400. The lowest BCUT2D eigenvalue weighted by Gasteiger charge is -1.98. The maximum Gasteiger partial charge on any atom is 0.115 e. The largest absolute Gasteiger partial charge is 0.508 e. The van der Waals surface area contributed by atoms with Crippen LogP contribution in [0, 0.1) is 0 Å². The molecule has 4 nitrogen and oxygen atoms in total. The minimum absolute atomic E-state index is 0.169. The Labute approximate surface area is 169 Å². The zero-order chi connectivity index (χ0) is 20.6. The third-order valence-electron chi connectivity index (χ3n) is 4.41. The Morgan fingerprint density at radius 2 is 0.655 bits per heavy atom. The molecule has 146 valence electrons. The first-order valence-electron chi connectivity index (χ1n) is 9.15. The molecule has 0 aromatic heterocycles. The molecule has 0 fully saturated rings. The average molecular weight is 386 g/mol. The van der Waals surface area contributed by atoms with Gasteiger partial charge in [0.15, 0.2) is 0 Å². The van der Waals surface area contributed by atoms with E-state index in [4.69, 9.17) is 20.4 Å². The molecule has 0 aliphatic heterocycles. The Balaban J connectivity index is 0.000000132. The van der Waals surface area contributed by atoms with Crippen LogP contribution in [0.15, 0.2) is 97.1 Å². The van der Waals surface area contributed by atoms with Gasteiger partial charge in [0.25, 0.3) is 0 Å². The molecule has 1 aliphatic carbocycles. The van der Waals surface area contributed by atoms with E-state index in [9.17, 15) is 0 Å². The second-order valence-electron chi connectivity index (χ2n) is 6.52. The molecule has 0 saturated heterocycles. The highest BCUT2D eigenvalue weighted by Crippen LogP contribution is 2.35. The Hall–Kier alpha value is -3.92. The third kappa shape index (κ3) is 5.53. The SMILES string of the molecule is Oc1ccc(O)cc1.Oc1ccc(O)cc1.c1ccc2c(c1)Cc1ccccc1-2. The van der Waals surface area contributed by atoms with Crippen LogP contribution in [0.25, 0.3) is 11.1 Å². The van der Waals surface area contributed by atoms with Gasteiger partial charge in [-0.15, -0.1) is 0 Å². The van der Waals surface area contributed by atoms with E-state index < -0.39 is 0 Å². The number of phenolic OH excluding ortho intramolecular Hbond substituents is 4. The molecule has 4 N–H and O–H groups in total. The maximum absolute atomic E-state index is 8.65.